The lowest BCUT2D eigenvalue weighted by atomic mass is 10.3. The average Bonchev–Trinajstić information content (AvgIpc) is 1.41. The van der Waals surface area contributed by atoms with Crippen LogP contribution in [-0.2, 0) is 0 Å². The van der Waals surface area contributed by atoms with Crippen LogP contribution in [0.1, 0.15) is 0 Å². The van der Waals surface area contributed by atoms with Gasteiger partial charge in [-0.3, -0.25) is 9.90 Å². The molecular weight excluding hydrogens is 291 g/mol. The van der Waals surface area contributed by atoms with Crippen molar-refractivity contribution < 1.29 is 51.8 Å². The van der Waals surface area contributed by atoms with E-state index in [1.165, 1.54) is 0 Å². The molecule has 0 fully saturated rings. The number of hydrogen-bond acceptors (Lipinski definition) is 0. The summed E-state index contributed by atoms with van der Waals surface area (Å²) in [5.41, 5.74) is 0. The topological polar surface area (TPSA) is 0 Å². The molecule has 0 N–H and O–H groups in total. The average molecular weight is 297 g/mol. The van der Waals surface area contributed by atoms with E-state index in [1.54, 1.807) is 0 Å². The van der Waals surface area contributed by atoms with Crippen molar-refractivity contribution in [1.82, 2.24) is 0 Å². The zero-order valence-corrected chi connectivity index (χ0v) is 6.27. The maximum atomic E-state index is 9.75. The van der Waals surface area contributed by atoms with Crippen molar-refractivity contribution in [3.63, 3.8) is 0 Å². The van der Waals surface area contributed by atoms with Crippen LogP contribution in [-0.4, -0.2) is 21.8 Å². The second-order valence-electron chi connectivity index (χ2n) is 1.48. The minimum atomic E-state index is -6.00. The molecule has 0 aromatic heterocycles. The molecule has 0 spiro atoms. The van der Waals surface area contributed by atoms with E-state index in [9.17, 15) is 51.8 Å². The van der Waals surface area contributed by atoms with Crippen molar-refractivity contribution in [2.45, 2.75) is 0 Å². The molecule has 0 bridgehead atoms. The Morgan fingerprint density at radius 1 is 0.312 bits per heavy atom. The van der Waals surface area contributed by atoms with Gasteiger partial charge in [0.15, 0.2) is 0 Å². The quantitative estimate of drug-likeness (QED) is 0.366. The minimum Gasteiger partial charge on any atom is -0.418 e. The van der Waals surface area contributed by atoms with Crippen molar-refractivity contribution in [1.29, 1.82) is 0 Å². The fourth-order valence-electron chi connectivity index (χ4n) is 0. The molecular formula is H6B3F12P. The predicted octanol–water partition coefficient (Wildman–Crippen LogP) is 3.16. The van der Waals surface area contributed by atoms with Crippen LogP contribution in [0.15, 0.2) is 0 Å². The standard InChI is InChI=1S/3BF4.H6P/c3*2-1(3,4)5;/h;;;1H6/q3*-1;+3. The third kappa shape index (κ3) is 48700. The van der Waals surface area contributed by atoms with Gasteiger partial charge in [-0.1, -0.05) is 0 Å². The van der Waals surface area contributed by atoms with Crippen molar-refractivity contribution >= 4 is 31.7 Å². The molecule has 16 heteroatoms. The molecule has 0 aliphatic rings. The Labute approximate surface area is 84.7 Å². The molecule has 0 aromatic carbocycles. The highest BCUT2D eigenvalue weighted by molar-refractivity contribution is 6.92. The molecule has 0 heterocycles. The van der Waals surface area contributed by atoms with E-state index in [2.05, 4.69) is 0 Å². The van der Waals surface area contributed by atoms with Crippen LogP contribution in [0.25, 0.3) is 0 Å². The van der Waals surface area contributed by atoms with Gasteiger partial charge in [0.05, 0.1) is 0 Å². The smallest absolute Gasteiger partial charge is 0.418 e. The molecule has 0 rings (SSSR count). The Balaban J connectivity index is -0.0000000655. The fourth-order valence-corrected chi connectivity index (χ4v) is 0. The van der Waals surface area contributed by atoms with Crippen LogP contribution >= 0.6 is 9.90 Å². The van der Waals surface area contributed by atoms with Crippen molar-refractivity contribution in [3.8, 4) is 0 Å². The van der Waals surface area contributed by atoms with E-state index in [1.807, 2.05) is 0 Å². The first kappa shape index (κ1) is 24.8. The highest BCUT2D eigenvalue weighted by Gasteiger charge is 2.21. The van der Waals surface area contributed by atoms with Crippen molar-refractivity contribution in [2.75, 3.05) is 0 Å². The third-order valence-corrected chi connectivity index (χ3v) is 0. The molecule has 0 saturated carbocycles. The Morgan fingerprint density at radius 3 is 0.312 bits per heavy atom. The Morgan fingerprint density at radius 2 is 0.312 bits per heavy atom. The molecule has 0 unspecified atom stereocenters. The molecule has 0 radical (unpaired) electrons. The molecule has 0 atom stereocenters. The van der Waals surface area contributed by atoms with Crippen LogP contribution in [0.2, 0.25) is 0 Å². The van der Waals surface area contributed by atoms with Crippen LogP contribution in [0.3, 0.4) is 0 Å². The van der Waals surface area contributed by atoms with Crippen LogP contribution in [0.5, 0.6) is 0 Å². The van der Waals surface area contributed by atoms with Gasteiger partial charge in [0, 0.05) is 0 Å². The molecule has 104 valence electrons. The summed E-state index contributed by atoms with van der Waals surface area (Å²) in [4.78, 5) is 0. The Bertz CT molecular complexity index is 91.3. The van der Waals surface area contributed by atoms with Gasteiger partial charge in [-0.05, 0) is 0 Å². The van der Waals surface area contributed by atoms with E-state index in [0.717, 1.165) is 0 Å². The molecule has 0 nitrogen and oxygen atoms in total. The van der Waals surface area contributed by atoms with Gasteiger partial charge in [-0.25, -0.2) is 0 Å². The van der Waals surface area contributed by atoms with Crippen LogP contribution in [0.4, 0.5) is 51.8 Å². The lowest BCUT2D eigenvalue weighted by molar-refractivity contribution is 0.366. The summed E-state index contributed by atoms with van der Waals surface area (Å²) in [5, 5.41) is 0. The zero-order valence-electron chi connectivity index (χ0n) is 6.27. The lowest BCUT2D eigenvalue weighted by Gasteiger charge is -1.94. The molecule has 0 saturated heterocycles. The van der Waals surface area contributed by atoms with Gasteiger partial charge in [0.25, 0.3) is 0 Å². The largest absolute Gasteiger partial charge is 0.673 e. The first-order valence-corrected chi connectivity index (χ1v) is 2.62. The summed E-state index contributed by atoms with van der Waals surface area (Å²) < 4.78 is 117. The summed E-state index contributed by atoms with van der Waals surface area (Å²) in [6.07, 6.45) is 0. The SMILES string of the molecule is F[B-](F)(F)F.F[B-](F)(F)F.F[B-](F)(F)F.[PH6+3]. The number of hydrogen-bond donors (Lipinski definition) is 0. The third-order valence-electron chi connectivity index (χ3n) is 0. The van der Waals surface area contributed by atoms with Gasteiger partial charge >= 0.3 is 21.8 Å². The second-order valence-corrected chi connectivity index (χ2v) is 1.48. The maximum Gasteiger partial charge on any atom is 0.673 e. The number of halogens is 12. The first-order chi connectivity index (χ1) is 6.00. The Kier molecular flexibility index (Phi) is 13.8. The predicted molar refractivity (Wildman–Crippen MR) is 45.8 cm³/mol. The minimum absolute atomic E-state index is 0. The van der Waals surface area contributed by atoms with E-state index < -0.39 is 21.8 Å². The van der Waals surface area contributed by atoms with Gasteiger partial charge in [-0.15, -0.1) is 0 Å². The molecule has 0 amide bonds. The lowest BCUT2D eigenvalue weighted by Crippen LogP contribution is -2.02. The van der Waals surface area contributed by atoms with E-state index in [0.29, 0.717) is 0 Å². The second kappa shape index (κ2) is 8.88. The van der Waals surface area contributed by atoms with Gasteiger partial charge < -0.3 is 51.8 Å². The number of rotatable bonds is 0. The normalized spacial score (nSPS) is 11.2. The van der Waals surface area contributed by atoms with Crippen molar-refractivity contribution in [2.24, 2.45) is 0 Å². The highest BCUT2D eigenvalue weighted by atomic mass is 31.0. The van der Waals surface area contributed by atoms with E-state index >= 15 is 0 Å². The van der Waals surface area contributed by atoms with Crippen molar-refractivity contribution in [3.05, 3.63) is 0 Å². The first-order valence-electron chi connectivity index (χ1n) is 2.62. The van der Waals surface area contributed by atoms with E-state index in [-0.39, 0.29) is 9.90 Å². The van der Waals surface area contributed by atoms with Crippen LogP contribution < -0.4 is 0 Å². The molecule has 16 heavy (non-hydrogen) atoms. The fraction of sp³-hybridized carbons (Fsp3) is 0. The summed E-state index contributed by atoms with van der Waals surface area (Å²) in [6, 6.07) is 0. The summed E-state index contributed by atoms with van der Waals surface area (Å²) in [5.74, 6) is 0. The maximum absolute atomic E-state index is 9.75. The van der Waals surface area contributed by atoms with Crippen LogP contribution in [0, 0.1) is 0 Å². The molecule has 0 aliphatic heterocycles. The van der Waals surface area contributed by atoms with Gasteiger partial charge in [0.1, 0.15) is 0 Å². The zero-order chi connectivity index (χ0) is 13.5. The summed E-state index contributed by atoms with van der Waals surface area (Å²) >= 11 is 0. The summed E-state index contributed by atoms with van der Waals surface area (Å²) in [7, 11) is -18.0. The molecule has 0 aromatic rings. The summed E-state index contributed by atoms with van der Waals surface area (Å²) in [6.45, 7) is 0. The monoisotopic (exact) mass is 298 g/mol. The highest BCUT2D eigenvalue weighted by Crippen LogP contribution is 2.07. The molecule has 0 aliphatic carbocycles. The van der Waals surface area contributed by atoms with Gasteiger partial charge in [-0.2, -0.15) is 0 Å². The Hall–Kier alpha value is -0.215. The van der Waals surface area contributed by atoms with Gasteiger partial charge in [0.2, 0.25) is 0 Å². The van der Waals surface area contributed by atoms with E-state index in [4.69, 9.17) is 0 Å².